The minimum Gasteiger partial charge on any atom is -0.481 e. The molecule has 2 rings (SSSR count). The summed E-state index contributed by atoms with van der Waals surface area (Å²) in [5.41, 5.74) is -0.731. The molecule has 0 saturated carbocycles. The smallest absolute Gasteiger partial charge is 0.309 e. The molecule has 1 heterocycles. The van der Waals surface area contributed by atoms with Gasteiger partial charge in [0.1, 0.15) is 17.3 Å². The van der Waals surface area contributed by atoms with E-state index in [1.54, 1.807) is 32.0 Å². The minimum atomic E-state index is -0.948. The Kier molecular flexibility index (Phi) is 5.74. The lowest BCUT2D eigenvalue weighted by Crippen LogP contribution is -2.32. The third-order valence-electron chi connectivity index (χ3n) is 4.05. The van der Waals surface area contributed by atoms with Gasteiger partial charge in [0.05, 0.1) is 5.41 Å². The second kappa shape index (κ2) is 7.63. The van der Waals surface area contributed by atoms with Crippen LogP contribution in [-0.2, 0) is 4.79 Å². The number of carboxylic acids is 1. The Morgan fingerprint density at radius 1 is 1.31 bits per heavy atom. The lowest BCUT2D eigenvalue weighted by atomic mass is 9.90. The van der Waals surface area contributed by atoms with Crippen LogP contribution in [0.3, 0.4) is 0 Å². The maximum atomic E-state index is 14.1. The number of halogens is 1. The first-order valence-electron chi connectivity index (χ1n) is 8.37. The highest BCUT2D eigenvalue weighted by Crippen LogP contribution is 2.21. The van der Waals surface area contributed by atoms with Gasteiger partial charge < -0.3 is 10.4 Å². The van der Waals surface area contributed by atoms with Gasteiger partial charge in [0, 0.05) is 12.5 Å². The van der Waals surface area contributed by atoms with Gasteiger partial charge in [-0.15, -0.1) is 5.10 Å². The van der Waals surface area contributed by atoms with E-state index in [1.165, 1.54) is 10.7 Å². The van der Waals surface area contributed by atoms with Crippen LogP contribution in [0.2, 0.25) is 0 Å². The Morgan fingerprint density at radius 3 is 2.54 bits per heavy atom. The summed E-state index contributed by atoms with van der Waals surface area (Å²) >= 11 is 0. The van der Waals surface area contributed by atoms with E-state index in [2.05, 4.69) is 15.4 Å². The number of hydrogen-bond donors (Lipinski definition) is 2. The molecule has 0 spiro atoms. The van der Waals surface area contributed by atoms with E-state index in [-0.39, 0.29) is 30.4 Å². The van der Waals surface area contributed by atoms with Crippen molar-refractivity contribution in [3.8, 4) is 5.69 Å². The van der Waals surface area contributed by atoms with Gasteiger partial charge in [0.15, 0.2) is 0 Å². The summed E-state index contributed by atoms with van der Waals surface area (Å²) in [6, 6.07) is 6.13. The number of rotatable bonds is 7. The van der Waals surface area contributed by atoms with E-state index in [4.69, 9.17) is 5.11 Å². The average molecular weight is 362 g/mol. The van der Waals surface area contributed by atoms with Crippen molar-refractivity contribution in [2.75, 3.05) is 6.54 Å². The van der Waals surface area contributed by atoms with Crippen LogP contribution in [0.1, 0.15) is 56.5 Å². The highest BCUT2D eigenvalue weighted by molar-refractivity contribution is 5.90. The maximum Gasteiger partial charge on any atom is 0.309 e. The van der Waals surface area contributed by atoms with Crippen LogP contribution in [0, 0.1) is 11.2 Å². The van der Waals surface area contributed by atoms with E-state index in [0.717, 1.165) is 0 Å². The topological polar surface area (TPSA) is 97.1 Å². The van der Waals surface area contributed by atoms with Gasteiger partial charge >= 0.3 is 5.97 Å². The standard InChI is InChI=1S/C18H23FN4O3/c1-11(2)15-21-14(16(24)20-10-9-18(3,4)17(25)26)22-23(15)13-8-6-5-7-12(13)19/h5-8,11H,9-10H2,1-4H3,(H,20,24)(H,25,26). The molecule has 0 fully saturated rings. The number of nitrogens with one attached hydrogen (secondary N) is 1. The number of aliphatic carboxylic acids is 1. The summed E-state index contributed by atoms with van der Waals surface area (Å²) in [6.45, 7) is 7.09. The van der Waals surface area contributed by atoms with Gasteiger partial charge in [-0.3, -0.25) is 9.59 Å². The molecule has 0 unspecified atom stereocenters. The van der Waals surface area contributed by atoms with Crippen LogP contribution < -0.4 is 5.32 Å². The second-order valence-corrected chi connectivity index (χ2v) is 7.01. The van der Waals surface area contributed by atoms with Gasteiger partial charge in [-0.2, -0.15) is 0 Å². The van der Waals surface area contributed by atoms with Crippen molar-refractivity contribution in [2.24, 2.45) is 5.41 Å². The molecule has 0 aliphatic rings. The van der Waals surface area contributed by atoms with Gasteiger partial charge in [-0.1, -0.05) is 26.0 Å². The number of hydrogen-bond acceptors (Lipinski definition) is 4. The molecule has 0 aliphatic heterocycles. The van der Waals surface area contributed by atoms with Crippen LogP contribution in [0.4, 0.5) is 4.39 Å². The summed E-state index contributed by atoms with van der Waals surface area (Å²) in [7, 11) is 0. The third kappa shape index (κ3) is 4.25. The van der Waals surface area contributed by atoms with Crippen LogP contribution in [-0.4, -0.2) is 38.3 Å². The fraction of sp³-hybridized carbons (Fsp3) is 0.444. The molecule has 140 valence electrons. The summed E-state index contributed by atoms with van der Waals surface area (Å²) in [5, 5.41) is 15.9. The Morgan fingerprint density at radius 2 is 1.96 bits per heavy atom. The number of carbonyl (C=O) groups is 2. The highest BCUT2D eigenvalue weighted by Gasteiger charge is 2.27. The van der Waals surface area contributed by atoms with E-state index in [9.17, 15) is 14.0 Å². The zero-order chi connectivity index (χ0) is 19.5. The average Bonchev–Trinajstić information content (AvgIpc) is 3.00. The minimum absolute atomic E-state index is 0.0744. The zero-order valence-corrected chi connectivity index (χ0v) is 15.3. The first kappa shape index (κ1) is 19.6. The molecule has 2 N–H and O–H groups in total. The SMILES string of the molecule is CC(C)c1nc(C(=O)NCCC(C)(C)C(=O)O)nn1-c1ccccc1F. The Hall–Kier alpha value is -2.77. The first-order valence-corrected chi connectivity index (χ1v) is 8.37. The van der Waals surface area contributed by atoms with Crippen LogP contribution in [0.15, 0.2) is 24.3 Å². The van der Waals surface area contributed by atoms with E-state index in [1.807, 2.05) is 13.8 Å². The lowest BCUT2D eigenvalue weighted by Gasteiger charge is -2.18. The van der Waals surface area contributed by atoms with Gasteiger partial charge in [-0.05, 0) is 32.4 Å². The molecule has 0 radical (unpaired) electrons. The zero-order valence-electron chi connectivity index (χ0n) is 15.3. The first-order chi connectivity index (χ1) is 12.1. The van der Waals surface area contributed by atoms with Crippen LogP contribution >= 0.6 is 0 Å². The van der Waals surface area contributed by atoms with Gasteiger partial charge in [0.2, 0.25) is 5.82 Å². The summed E-state index contributed by atoms with van der Waals surface area (Å²) in [6.07, 6.45) is 0.263. The molecule has 0 saturated heterocycles. The van der Waals surface area contributed by atoms with Crippen molar-refractivity contribution in [3.63, 3.8) is 0 Å². The number of nitrogens with zero attached hydrogens (tertiary/aromatic N) is 3. The van der Waals surface area contributed by atoms with Gasteiger partial charge in [0.25, 0.3) is 5.91 Å². The molecule has 8 heteroatoms. The lowest BCUT2D eigenvalue weighted by molar-refractivity contribution is -0.147. The highest BCUT2D eigenvalue weighted by atomic mass is 19.1. The van der Waals surface area contributed by atoms with Crippen LogP contribution in [0.5, 0.6) is 0 Å². The molecule has 26 heavy (non-hydrogen) atoms. The van der Waals surface area contributed by atoms with Crippen molar-refractivity contribution in [1.82, 2.24) is 20.1 Å². The monoisotopic (exact) mass is 362 g/mol. The number of carbonyl (C=O) groups excluding carboxylic acids is 1. The van der Waals surface area contributed by atoms with Crippen LogP contribution in [0.25, 0.3) is 5.69 Å². The molecule has 1 aromatic heterocycles. The Bertz CT molecular complexity index is 815. The Balaban J connectivity index is 2.20. The van der Waals surface area contributed by atoms with Gasteiger partial charge in [-0.25, -0.2) is 14.1 Å². The predicted molar refractivity (Wildman–Crippen MR) is 93.8 cm³/mol. The largest absolute Gasteiger partial charge is 0.481 e. The predicted octanol–water partition coefficient (Wildman–Crippen LogP) is 2.76. The third-order valence-corrected chi connectivity index (χ3v) is 4.05. The van der Waals surface area contributed by atoms with Crippen molar-refractivity contribution < 1.29 is 19.1 Å². The maximum absolute atomic E-state index is 14.1. The van der Waals surface area contributed by atoms with Crippen molar-refractivity contribution in [2.45, 2.75) is 40.0 Å². The number of amides is 1. The fourth-order valence-corrected chi connectivity index (χ4v) is 2.27. The quantitative estimate of drug-likeness (QED) is 0.789. The summed E-state index contributed by atoms with van der Waals surface area (Å²) < 4.78 is 15.4. The van der Waals surface area contributed by atoms with Crippen molar-refractivity contribution in [3.05, 3.63) is 41.7 Å². The molecular formula is C18H23FN4O3. The molecule has 1 amide bonds. The van der Waals surface area contributed by atoms with E-state index < -0.39 is 23.1 Å². The Labute approximate surface area is 151 Å². The molecule has 0 bridgehead atoms. The normalized spacial score (nSPS) is 11.6. The fourth-order valence-electron chi connectivity index (χ4n) is 2.27. The van der Waals surface area contributed by atoms with E-state index >= 15 is 0 Å². The van der Waals surface area contributed by atoms with Crippen molar-refractivity contribution >= 4 is 11.9 Å². The number of aromatic nitrogens is 3. The molecule has 0 aliphatic carbocycles. The molecule has 1 aromatic carbocycles. The number of benzene rings is 1. The van der Waals surface area contributed by atoms with Crippen molar-refractivity contribution in [1.29, 1.82) is 0 Å². The van der Waals surface area contributed by atoms with E-state index in [0.29, 0.717) is 5.82 Å². The molecule has 0 atom stereocenters. The second-order valence-electron chi connectivity index (χ2n) is 7.01. The molecule has 2 aromatic rings. The molecule has 7 nitrogen and oxygen atoms in total. The number of carboxylic acid groups (broad SMARTS) is 1. The summed E-state index contributed by atoms with van der Waals surface area (Å²) in [4.78, 5) is 27.7. The molecular weight excluding hydrogens is 339 g/mol. The summed E-state index contributed by atoms with van der Waals surface area (Å²) in [5.74, 6) is -1.61. The number of para-hydroxylation sites is 1.